The first-order valence-electron chi connectivity index (χ1n) is 8.16. The number of benzene rings is 1. The van der Waals surface area contributed by atoms with Gasteiger partial charge >= 0.3 is 0 Å². The predicted molar refractivity (Wildman–Crippen MR) is 98.5 cm³/mol. The van der Waals surface area contributed by atoms with Gasteiger partial charge in [0.2, 0.25) is 5.91 Å². The summed E-state index contributed by atoms with van der Waals surface area (Å²) in [7, 11) is -3.51. The first-order chi connectivity index (χ1) is 12.2. The highest BCUT2D eigenvalue weighted by molar-refractivity contribution is 7.93. The zero-order valence-electron chi connectivity index (χ0n) is 14.9. The molecule has 0 saturated carbocycles. The van der Waals surface area contributed by atoms with Crippen molar-refractivity contribution < 1.29 is 22.4 Å². The molecule has 0 saturated heterocycles. The third-order valence-electron chi connectivity index (χ3n) is 3.92. The molecular weight excluding hydrogens is 356 g/mol. The Bertz CT molecular complexity index is 873. The van der Waals surface area contributed by atoms with Crippen LogP contribution < -0.4 is 10.6 Å². The zero-order chi connectivity index (χ0) is 19.3. The monoisotopic (exact) mass is 378 g/mol. The Labute approximate surface area is 152 Å². The second kappa shape index (κ2) is 8.18. The van der Waals surface area contributed by atoms with Gasteiger partial charge in [-0.25, -0.2) is 8.42 Å². The number of furan rings is 1. The second-order valence-electron chi connectivity index (χ2n) is 6.13. The van der Waals surface area contributed by atoms with Gasteiger partial charge in [0.15, 0.2) is 15.6 Å². The van der Waals surface area contributed by atoms with E-state index in [-0.39, 0.29) is 18.2 Å². The van der Waals surface area contributed by atoms with Crippen molar-refractivity contribution in [3.8, 4) is 0 Å². The maximum atomic E-state index is 12.1. The van der Waals surface area contributed by atoms with Gasteiger partial charge in [-0.15, -0.1) is 0 Å². The highest BCUT2D eigenvalue weighted by Crippen LogP contribution is 2.13. The van der Waals surface area contributed by atoms with E-state index in [0.717, 1.165) is 5.56 Å². The van der Waals surface area contributed by atoms with Gasteiger partial charge in [0.05, 0.1) is 11.5 Å². The van der Waals surface area contributed by atoms with Gasteiger partial charge in [-0.3, -0.25) is 9.59 Å². The van der Waals surface area contributed by atoms with E-state index < -0.39 is 26.2 Å². The number of nitrogens with one attached hydrogen (secondary N) is 2. The molecule has 1 aromatic heterocycles. The lowest BCUT2D eigenvalue weighted by Crippen LogP contribution is -2.40. The molecule has 1 heterocycles. The molecule has 0 radical (unpaired) electrons. The van der Waals surface area contributed by atoms with Crippen molar-refractivity contribution in [2.24, 2.45) is 0 Å². The number of hydrogen-bond acceptors (Lipinski definition) is 5. The van der Waals surface area contributed by atoms with Crippen LogP contribution in [0.3, 0.4) is 0 Å². The topological polar surface area (TPSA) is 105 Å². The van der Waals surface area contributed by atoms with E-state index in [4.69, 9.17) is 4.42 Å². The zero-order valence-corrected chi connectivity index (χ0v) is 15.7. The first-order valence-corrected chi connectivity index (χ1v) is 9.77. The Hall–Kier alpha value is -2.61. The lowest BCUT2D eigenvalue weighted by molar-refractivity contribution is -0.120. The van der Waals surface area contributed by atoms with Crippen LogP contribution in [-0.2, 0) is 21.2 Å². The van der Waals surface area contributed by atoms with Gasteiger partial charge < -0.3 is 15.1 Å². The summed E-state index contributed by atoms with van der Waals surface area (Å²) in [6.07, 6.45) is 1.41. The van der Waals surface area contributed by atoms with Crippen LogP contribution in [0.2, 0.25) is 0 Å². The molecule has 0 aliphatic rings. The number of sulfone groups is 1. The minimum atomic E-state index is -3.51. The summed E-state index contributed by atoms with van der Waals surface area (Å²) < 4.78 is 29.1. The minimum Gasteiger partial charge on any atom is -0.459 e. The van der Waals surface area contributed by atoms with E-state index in [1.165, 1.54) is 13.2 Å². The molecule has 2 N–H and O–H groups in total. The molecule has 0 fully saturated rings. The normalized spacial score (nSPS) is 12.6. The molecule has 0 spiro atoms. The highest BCUT2D eigenvalue weighted by atomic mass is 32.2. The van der Waals surface area contributed by atoms with Crippen LogP contribution in [0, 0.1) is 0 Å². The molecule has 140 valence electrons. The van der Waals surface area contributed by atoms with E-state index in [2.05, 4.69) is 10.6 Å². The molecule has 2 aromatic rings. The third-order valence-corrected chi connectivity index (χ3v) is 6.43. The summed E-state index contributed by atoms with van der Waals surface area (Å²) in [5.41, 5.74) is 1.27. The van der Waals surface area contributed by atoms with Gasteiger partial charge in [-0.2, -0.15) is 0 Å². The Morgan fingerprint density at radius 1 is 1.12 bits per heavy atom. The van der Waals surface area contributed by atoms with Crippen LogP contribution in [0.1, 0.15) is 36.9 Å². The van der Waals surface area contributed by atoms with Gasteiger partial charge in [0, 0.05) is 12.2 Å². The van der Waals surface area contributed by atoms with Crippen molar-refractivity contribution in [1.29, 1.82) is 0 Å². The Kier molecular flexibility index (Phi) is 6.20. The van der Waals surface area contributed by atoms with Crippen molar-refractivity contribution in [3.05, 3.63) is 54.0 Å². The smallest absolute Gasteiger partial charge is 0.291 e. The lowest BCUT2D eigenvalue weighted by atomic mass is 10.2. The summed E-state index contributed by atoms with van der Waals surface area (Å²) in [5, 5.41) is 3.57. The Morgan fingerprint density at radius 2 is 1.85 bits per heavy atom. The average Bonchev–Trinajstić information content (AvgIpc) is 3.14. The van der Waals surface area contributed by atoms with Crippen LogP contribution in [0.25, 0.3) is 0 Å². The van der Waals surface area contributed by atoms with Gasteiger partial charge in [-0.1, -0.05) is 12.1 Å². The van der Waals surface area contributed by atoms with Crippen molar-refractivity contribution in [2.45, 2.75) is 37.8 Å². The summed E-state index contributed by atoms with van der Waals surface area (Å²) >= 11 is 0. The fraction of sp³-hybridized carbons (Fsp3) is 0.333. The first kappa shape index (κ1) is 19.7. The summed E-state index contributed by atoms with van der Waals surface area (Å²) in [6.45, 7) is 4.63. The molecule has 0 aliphatic heterocycles. The molecule has 2 rings (SSSR count). The maximum Gasteiger partial charge on any atom is 0.291 e. The lowest BCUT2D eigenvalue weighted by Gasteiger charge is -2.16. The van der Waals surface area contributed by atoms with E-state index in [0.29, 0.717) is 5.69 Å². The summed E-state index contributed by atoms with van der Waals surface area (Å²) in [4.78, 5) is 24.1. The van der Waals surface area contributed by atoms with E-state index >= 15 is 0 Å². The molecule has 1 unspecified atom stereocenters. The highest BCUT2D eigenvalue weighted by Gasteiger charge is 2.30. The number of hydrogen-bond donors (Lipinski definition) is 2. The summed E-state index contributed by atoms with van der Waals surface area (Å²) in [6, 6.07) is 10.1. The molecule has 0 aliphatic carbocycles. The van der Waals surface area contributed by atoms with Crippen molar-refractivity contribution in [1.82, 2.24) is 5.32 Å². The molecule has 26 heavy (non-hydrogen) atoms. The largest absolute Gasteiger partial charge is 0.459 e. The second-order valence-corrected chi connectivity index (χ2v) is 8.96. The van der Waals surface area contributed by atoms with Crippen molar-refractivity contribution in [3.63, 3.8) is 0 Å². The van der Waals surface area contributed by atoms with Crippen LogP contribution >= 0.6 is 0 Å². The number of carbonyl (C=O) groups is 2. The minimum absolute atomic E-state index is 0.154. The fourth-order valence-electron chi connectivity index (χ4n) is 2.25. The number of carbonyl (C=O) groups excluding carboxylic acids is 2. The molecule has 0 bridgehead atoms. The van der Waals surface area contributed by atoms with E-state index in [9.17, 15) is 18.0 Å². The van der Waals surface area contributed by atoms with Gasteiger partial charge in [0.1, 0.15) is 5.25 Å². The molecule has 1 atom stereocenters. The van der Waals surface area contributed by atoms with E-state index in [1.54, 1.807) is 50.2 Å². The van der Waals surface area contributed by atoms with Gasteiger partial charge in [-0.05, 0) is 50.6 Å². The number of rotatable bonds is 7. The van der Waals surface area contributed by atoms with Crippen molar-refractivity contribution in [2.75, 3.05) is 5.32 Å². The fourth-order valence-corrected chi connectivity index (χ4v) is 3.45. The molecule has 2 amide bonds. The summed E-state index contributed by atoms with van der Waals surface area (Å²) in [5.74, 6) is -0.743. The third kappa shape index (κ3) is 4.72. The van der Waals surface area contributed by atoms with Crippen LogP contribution in [-0.4, -0.2) is 30.7 Å². The average molecular weight is 378 g/mol. The number of amides is 2. The van der Waals surface area contributed by atoms with Crippen LogP contribution in [0.5, 0.6) is 0 Å². The number of anilines is 1. The van der Waals surface area contributed by atoms with Crippen LogP contribution in [0.4, 0.5) is 5.69 Å². The SMILES string of the molecule is CC(C)S(=O)(=O)C(C)C(=O)NCc1cccc(NC(=O)c2ccco2)c1. The van der Waals surface area contributed by atoms with E-state index in [1.807, 2.05) is 0 Å². The quantitative estimate of drug-likeness (QED) is 0.769. The molecular formula is C18H22N2O5S. The maximum absolute atomic E-state index is 12.1. The Balaban J connectivity index is 1.98. The molecule has 8 heteroatoms. The standard InChI is InChI=1S/C18H22N2O5S/c1-12(2)26(23,24)13(3)17(21)19-11-14-6-4-7-15(10-14)20-18(22)16-8-5-9-25-16/h4-10,12-13H,11H2,1-3H3,(H,19,21)(H,20,22). The predicted octanol–water partition coefficient (Wildman–Crippen LogP) is 2.36. The van der Waals surface area contributed by atoms with Gasteiger partial charge in [0.25, 0.3) is 5.91 Å². The molecule has 7 nitrogen and oxygen atoms in total. The Morgan fingerprint density at radius 3 is 2.46 bits per heavy atom. The molecule has 1 aromatic carbocycles. The van der Waals surface area contributed by atoms with Crippen LogP contribution in [0.15, 0.2) is 47.1 Å². The van der Waals surface area contributed by atoms with Crippen molar-refractivity contribution >= 4 is 27.3 Å².